The largest absolute Gasteiger partial charge is 0.507 e. The van der Waals surface area contributed by atoms with Crippen LogP contribution in [-0.4, -0.2) is 10.1 Å². The second-order valence-electron chi connectivity index (χ2n) is 3.25. The lowest BCUT2D eigenvalue weighted by molar-refractivity contribution is 0.481. The van der Waals surface area contributed by atoms with E-state index in [0.29, 0.717) is 5.75 Å². The normalized spacial score (nSPS) is 10.6. The topological polar surface area (TPSA) is 33.1 Å². The quantitative estimate of drug-likeness (QED) is 0.664. The fourth-order valence-electron chi connectivity index (χ4n) is 1.55. The summed E-state index contributed by atoms with van der Waals surface area (Å²) in [5, 5.41) is 10.5. The Labute approximate surface area is 76.9 Å². The van der Waals surface area contributed by atoms with Crippen molar-refractivity contribution in [2.24, 2.45) is 0 Å². The van der Waals surface area contributed by atoms with Gasteiger partial charge >= 0.3 is 0 Å². The Morgan fingerprint density at radius 3 is 2.54 bits per heavy atom. The van der Waals surface area contributed by atoms with Crippen LogP contribution in [0, 0.1) is 13.8 Å². The van der Waals surface area contributed by atoms with Crippen LogP contribution in [-0.2, 0) is 0 Å². The molecule has 0 aliphatic heterocycles. The summed E-state index contributed by atoms with van der Waals surface area (Å²) in [6, 6.07) is 5.50. The summed E-state index contributed by atoms with van der Waals surface area (Å²) in [6.45, 7) is 3.97. The monoisotopic (exact) mass is 173 g/mol. The molecule has 2 nitrogen and oxygen atoms in total. The molecule has 1 N–H and O–H groups in total. The van der Waals surface area contributed by atoms with Gasteiger partial charge in [-0.1, -0.05) is 6.07 Å². The Balaban J connectivity index is 3.00. The highest BCUT2D eigenvalue weighted by atomic mass is 16.3. The van der Waals surface area contributed by atoms with Crippen LogP contribution in [0.15, 0.2) is 24.4 Å². The van der Waals surface area contributed by atoms with Gasteiger partial charge in [0.05, 0.1) is 5.52 Å². The Kier molecular flexibility index (Phi) is 1.69. The van der Waals surface area contributed by atoms with Crippen LogP contribution >= 0.6 is 0 Å². The third kappa shape index (κ3) is 1.15. The third-order valence-corrected chi connectivity index (χ3v) is 2.28. The molecule has 2 heteroatoms. The minimum Gasteiger partial charge on any atom is -0.507 e. The molecule has 2 rings (SSSR count). The lowest BCUT2D eigenvalue weighted by Crippen LogP contribution is -1.86. The van der Waals surface area contributed by atoms with E-state index in [1.807, 2.05) is 26.0 Å². The van der Waals surface area contributed by atoms with Crippen LogP contribution in [0.2, 0.25) is 0 Å². The van der Waals surface area contributed by atoms with Gasteiger partial charge in [-0.3, -0.25) is 4.98 Å². The van der Waals surface area contributed by atoms with E-state index in [1.54, 1.807) is 12.3 Å². The van der Waals surface area contributed by atoms with Gasteiger partial charge in [0.1, 0.15) is 5.75 Å². The SMILES string of the molecule is Cc1ccc(O)c2c(C)ccnc12. The van der Waals surface area contributed by atoms with Gasteiger partial charge in [0.15, 0.2) is 0 Å². The average molecular weight is 173 g/mol. The highest BCUT2D eigenvalue weighted by Gasteiger charge is 2.05. The van der Waals surface area contributed by atoms with Crippen molar-refractivity contribution in [3.05, 3.63) is 35.5 Å². The van der Waals surface area contributed by atoms with Gasteiger partial charge in [-0.05, 0) is 37.1 Å². The molecule has 0 saturated heterocycles. The number of aromatic hydroxyl groups is 1. The fraction of sp³-hybridized carbons (Fsp3) is 0.182. The molecular formula is C11H11NO. The van der Waals surface area contributed by atoms with Gasteiger partial charge in [0.2, 0.25) is 0 Å². The first-order valence-corrected chi connectivity index (χ1v) is 4.24. The lowest BCUT2D eigenvalue weighted by Gasteiger charge is -2.05. The van der Waals surface area contributed by atoms with Gasteiger partial charge in [0.25, 0.3) is 0 Å². The molecule has 0 spiro atoms. The number of phenolic OH excluding ortho intramolecular Hbond substituents is 1. The summed E-state index contributed by atoms with van der Waals surface area (Å²) >= 11 is 0. The summed E-state index contributed by atoms with van der Waals surface area (Å²) in [5.41, 5.74) is 3.04. The predicted molar refractivity (Wildman–Crippen MR) is 52.9 cm³/mol. The summed E-state index contributed by atoms with van der Waals surface area (Å²) in [4.78, 5) is 4.24. The van der Waals surface area contributed by atoms with E-state index < -0.39 is 0 Å². The Morgan fingerprint density at radius 1 is 1.08 bits per heavy atom. The molecule has 1 aromatic carbocycles. The van der Waals surface area contributed by atoms with Crippen LogP contribution in [0.5, 0.6) is 5.75 Å². The first-order valence-electron chi connectivity index (χ1n) is 4.24. The van der Waals surface area contributed by atoms with E-state index in [0.717, 1.165) is 22.0 Å². The molecule has 0 saturated carbocycles. The van der Waals surface area contributed by atoms with Crippen LogP contribution < -0.4 is 0 Å². The molecule has 1 aromatic heterocycles. The number of aryl methyl sites for hydroxylation is 2. The van der Waals surface area contributed by atoms with Crippen molar-refractivity contribution in [2.75, 3.05) is 0 Å². The molecule has 2 aromatic rings. The highest BCUT2D eigenvalue weighted by molar-refractivity contribution is 5.89. The molecule has 0 fully saturated rings. The standard InChI is InChI=1S/C11H11NO/c1-7-5-6-12-11-8(2)3-4-9(13)10(7)11/h3-6,13H,1-2H3. The first kappa shape index (κ1) is 8.05. The summed E-state index contributed by atoms with van der Waals surface area (Å²) < 4.78 is 0. The number of hydrogen-bond acceptors (Lipinski definition) is 2. The van der Waals surface area contributed by atoms with Crippen LogP contribution in [0.25, 0.3) is 10.9 Å². The van der Waals surface area contributed by atoms with E-state index in [9.17, 15) is 5.11 Å². The number of aromatic nitrogens is 1. The predicted octanol–water partition coefficient (Wildman–Crippen LogP) is 2.56. The van der Waals surface area contributed by atoms with Crippen molar-refractivity contribution in [2.45, 2.75) is 13.8 Å². The molecule has 0 unspecified atom stereocenters. The number of phenols is 1. The molecule has 13 heavy (non-hydrogen) atoms. The van der Waals surface area contributed by atoms with Gasteiger partial charge < -0.3 is 5.11 Å². The van der Waals surface area contributed by atoms with Gasteiger partial charge in [-0.2, -0.15) is 0 Å². The third-order valence-electron chi connectivity index (χ3n) is 2.28. The molecule has 1 heterocycles. The van der Waals surface area contributed by atoms with Crippen LogP contribution in [0.1, 0.15) is 11.1 Å². The van der Waals surface area contributed by atoms with Crippen LogP contribution in [0.3, 0.4) is 0 Å². The maximum absolute atomic E-state index is 9.64. The molecule has 0 atom stereocenters. The average Bonchev–Trinajstić information content (AvgIpc) is 2.12. The maximum atomic E-state index is 9.64. The molecule has 0 amide bonds. The number of rotatable bonds is 0. The highest BCUT2D eigenvalue weighted by Crippen LogP contribution is 2.27. The maximum Gasteiger partial charge on any atom is 0.125 e. The number of fused-ring (bicyclic) bond motifs is 1. The second kappa shape index (κ2) is 2.73. The minimum absolute atomic E-state index is 0.311. The van der Waals surface area contributed by atoms with Gasteiger partial charge in [-0.25, -0.2) is 0 Å². The van der Waals surface area contributed by atoms with E-state index in [4.69, 9.17) is 0 Å². The summed E-state index contributed by atoms with van der Waals surface area (Å²) in [7, 11) is 0. The van der Waals surface area contributed by atoms with Crippen molar-refractivity contribution in [3.8, 4) is 5.75 Å². The summed E-state index contributed by atoms with van der Waals surface area (Å²) in [6.07, 6.45) is 1.77. The fourth-order valence-corrected chi connectivity index (χ4v) is 1.55. The smallest absolute Gasteiger partial charge is 0.125 e. The molecule has 0 aliphatic carbocycles. The Morgan fingerprint density at radius 2 is 1.85 bits per heavy atom. The van der Waals surface area contributed by atoms with Gasteiger partial charge in [0, 0.05) is 11.6 Å². The second-order valence-corrected chi connectivity index (χ2v) is 3.25. The van der Waals surface area contributed by atoms with E-state index in [-0.39, 0.29) is 0 Å². The zero-order chi connectivity index (χ0) is 9.42. The molecule has 66 valence electrons. The van der Waals surface area contributed by atoms with Gasteiger partial charge in [-0.15, -0.1) is 0 Å². The van der Waals surface area contributed by atoms with Crippen molar-refractivity contribution in [1.82, 2.24) is 4.98 Å². The Bertz CT molecular complexity index is 455. The van der Waals surface area contributed by atoms with E-state index >= 15 is 0 Å². The van der Waals surface area contributed by atoms with Crippen LogP contribution in [0.4, 0.5) is 0 Å². The number of pyridine rings is 1. The summed E-state index contributed by atoms with van der Waals surface area (Å²) in [5.74, 6) is 0.311. The first-order chi connectivity index (χ1) is 6.20. The molecule has 0 radical (unpaired) electrons. The molecule has 0 bridgehead atoms. The lowest BCUT2D eigenvalue weighted by atomic mass is 10.1. The van der Waals surface area contributed by atoms with E-state index in [2.05, 4.69) is 4.98 Å². The number of benzene rings is 1. The molecule has 0 aliphatic rings. The van der Waals surface area contributed by atoms with Crippen molar-refractivity contribution >= 4 is 10.9 Å². The number of nitrogens with zero attached hydrogens (tertiary/aromatic N) is 1. The number of hydrogen-bond donors (Lipinski definition) is 1. The van der Waals surface area contributed by atoms with Crippen molar-refractivity contribution < 1.29 is 5.11 Å². The van der Waals surface area contributed by atoms with E-state index in [1.165, 1.54) is 0 Å². The van der Waals surface area contributed by atoms with Crippen molar-refractivity contribution in [1.29, 1.82) is 0 Å². The Hall–Kier alpha value is -1.57. The minimum atomic E-state index is 0.311. The zero-order valence-corrected chi connectivity index (χ0v) is 7.70. The molecular weight excluding hydrogens is 162 g/mol. The zero-order valence-electron chi connectivity index (χ0n) is 7.70. The van der Waals surface area contributed by atoms with Crippen molar-refractivity contribution in [3.63, 3.8) is 0 Å².